The number of aromatic nitrogens is 3. The Morgan fingerprint density at radius 3 is 2.74 bits per heavy atom. The molecule has 19 heavy (non-hydrogen) atoms. The van der Waals surface area contributed by atoms with Crippen molar-refractivity contribution in [3.63, 3.8) is 0 Å². The van der Waals surface area contributed by atoms with Crippen molar-refractivity contribution in [2.75, 3.05) is 36.0 Å². The Labute approximate surface area is 118 Å². The lowest BCUT2D eigenvalue weighted by atomic mass is 10.2. The highest BCUT2D eigenvalue weighted by atomic mass is 32.2. The Morgan fingerprint density at radius 1 is 1.42 bits per heavy atom. The molecule has 0 saturated carbocycles. The quantitative estimate of drug-likeness (QED) is 0.543. The highest BCUT2D eigenvalue weighted by Crippen LogP contribution is 2.17. The summed E-state index contributed by atoms with van der Waals surface area (Å²) in [4.78, 5) is 14.6. The van der Waals surface area contributed by atoms with E-state index in [-0.39, 0.29) is 6.01 Å². The molecule has 0 bridgehead atoms. The van der Waals surface area contributed by atoms with E-state index in [1.54, 1.807) is 0 Å². The number of nitrogens with two attached hydrogens (primary N) is 1. The number of ether oxygens (including phenoxy) is 1. The van der Waals surface area contributed by atoms with Crippen LogP contribution in [0.25, 0.3) is 0 Å². The maximum atomic E-state index is 5.36. The summed E-state index contributed by atoms with van der Waals surface area (Å²) < 4.78 is 5.31. The van der Waals surface area contributed by atoms with Gasteiger partial charge in [0.1, 0.15) is 0 Å². The van der Waals surface area contributed by atoms with Crippen molar-refractivity contribution in [3.05, 3.63) is 0 Å². The summed E-state index contributed by atoms with van der Waals surface area (Å²) >= 11 is 1.82. The van der Waals surface area contributed by atoms with Gasteiger partial charge in [0.05, 0.1) is 6.61 Å². The summed E-state index contributed by atoms with van der Waals surface area (Å²) in [6.07, 6.45) is 3.15. The molecule has 0 aliphatic heterocycles. The molecule has 1 aromatic rings. The topological polar surface area (TPSA) is 89.2 Å². The first-order chi connectivity index (χ1) is 9.12. The molecule has 0 amide bonds. The van der Waals surface area contributed by atoms with Crippen LogP contribution in [-0.4, -0.2) is 46.7 Å². The summed E-state index contributed by atoms with van der Waals surface area (Å²) in [7, 11) is 1.95. The van der Waals surface area contributed by atoms with Crippen LogP contribution in [0.2, 0.25) is 0 Å². The molecule has 1 atom stereocenters. The van der Waals surface area contributed by atoms with Gasteiger partial charge in [-0.15, -0.1) is 0 Å². The van der Waals surface area contributed by atoms with Crippen LogP contribution in [0.1, 0.15) is 20.3 Å². The van der Waals surface area contributed by atoms with Gasteiger partial charge >= 0.3 is 6.01 Å². The van der Waals surface area contributed by atoms with E-state index in [9.17, 15) is 0 Å². The first-order valence-corrected chi connectivity index (χ1v) is 7.59. The maximum absolute atomic E-state index is 5.36. The van der Waals surface area contributed by atoms with Crippen molar-refractivity contribution < 1.29 is 4.74 Å². The van der Waals surface area contributed by atoms with Gasteiger partial charge < -0.3 is 9.64 Å². The standard InChI is InChI=1S/C11H22N6OS/c1-5-18-11-14-9(16-12)13-10(15-11)17(3)8(2)6-7-19-4/h8H,5-7,12H2,1-4H3,(H,13,14,15,16). The second-order valence-corrected chi connectivity index (χ2v) is 5.05. The lowest BCUT2D eigenvalue weighted by molar-refractivity contribution is 0.312. The normalized spacial score (nSPS) is 12.1. The zero-order valence-corrected chi connectivity index (χ0v) is 12.7. The number of hydrazine groups is 1. The summed E-state index contributed by atoms with van der Waals surface area (Å²) in [5.41, 5.74) is 2.43. The van der Waals surface area contributed by atoms with Gasteiger partial charge in [-0.2, -0.15) is 26.7 Å². The van der Waals surface area contributed by atoms with Crippen LogP contribution >= 0.6 is 11.8 Å². The van der Waals surface area contributed by atoms with Gasteiger partial charge in [-0.1, -0.05) is 0 Å². The Hall–Kier alpha value is -1.28. The molecular weight excluding hydrogens is 264 g/mol. The van der Waals surface area contributed by atoms with Gasteiger partial charge in [0, 0.05) is 13.1 Å². The van der Waals surface area contributed by atoms with E-state index < -0.39 is 0 Å². The van der Waals surface area contributed by atoms with Crippen LogP contribution in [0.15, 0.2) is 0 Å². The van der Waals surface area contributed by atoms with Crippen LogP contribution in [0.4, 0.5) is 11.9 Å². The molecule has 0 saturated heterocycles. The summed E-state index contributed by atoms with van der Waals surface area (Å²) in [6, 6.07) is 0.610. The third-order valence-electron chi connectivity index (χ3n) is 2.72. The number of hydrogen-bond donors (Lipinski definition) is 2. The number of nitrogens with zero attached hydrogens (tertiary/aromatic N) is 4. The highest BCUT2D eigenvalue weighted by Gasteiger charge is 2.15. The van der Waals surface area contributed by atoms with Gasteiger partial charge in [0.2, 0.25) is 11.9 Å². The first kappa shape index (κ1) is 15.8. The molecule has 7 nitrogen and oxygen atoms in total. The van der Waals surface area contributed by atoms with Crippen LogP contribution in [0.3, 0.4) is 0 Å². The Kier molecular flexibility index (Phi) is 6.65. The molecule has 0 spiro atoms. The number of anilines is 2. The van der Waals surface area contributed by atoms with Gasteiger partial charge in [-0.05, 0) is 32.3 Å². The molecule has 108 valence electrons. The van der Waals surface area contributed by atoms with E-state index >= 15 is 0 Å². The first-order valence-electron chi connectivity index (χ1n) is 6.19. The van der Waals surface area contributed by atoms with Crippen molar-refractivity contribution in [1.82, 2.24) is 15.0 Å². The second-order valence-electron chi connectivity index (χ2n) is 4.06. The number of thioether (sulfide) groups is 1. The van der Waals surface area contributed by atoms with Gasteiger partial charge in [0.15, 0.2) is 0 Å². The molecule has 0 aromatic carbocycles. The molecule has 1 heterocycles. The van der Waals surface area contributed by atoms with Crippen LogP contribution < -0.4 is 20.9 Å². The fourth-order valence-electron chi connectivity index (χ4n) is 1.44. The molecule has 1 unspecified atom stereocenters. The largest absolute Gasteiger partial charge is 0.464 e. The molecule has 0 radical (unpaired) electrons. The molecule has 0 aliphatic rings. The molecule has 1 rings (SSSR count). The Balaban J connectivity index is 2.87. The van der Waals surface area contributed by atoms with Crippen LogP contribution in [0.5, 0.6) is 6.01 Å². The molecule has 8 heteroatoms. The minimum atomic E-state index is 0.282. The van der Waals surface area contributed by atoms with Crippen molar-refractivity contribution in [3.8, 4) is 6.01 Å². The lowest BCUT2D eigenvalue weighted by Crippen LogP contribution is -2.31. The van der Waals surface area contributed by atoms with Crippen LogP contribution in [-0.2, 0) is 0 Å². The summed E-state index contributed by atoms with van der Waals surface area (Å²) in [5, 5.41) is 0. The number of nitrogen functional groups attached to an aromatic ring is 1. The molecule has 1 aromatic heterocycles. The highest BCUT2D eigenvalue weighted by molar-refractivity contribution is 7.98. The predicted octanol–water partition coefficient (Wildman–Crippen LogP) is 1.13. The van der Waals surface area contributed by atoms with E-state index in [1.807, 2.05) is 30.6 Å². The van der Waals surface area contributed by atoms with E-state index in [2.05, 4.69) is 33.6 Å². The monoisotopic (exact) mass is 286 g/mol. The van der Waals surface area contributed by atoms with Gasteiger partial charge in [-0.3, -0.25) is 5.43 Å². The van der Waals surface area contributed by atoms with Crippen molar-refractivity contribution in [1.29, 1.82) is 0 Å². The maximum Gasteiger partial charge on any atom is 0.323 e. The van der Waals surface area contributed by atoms with E-state index in [0.29, 0.717) is 24.5 Å². The molecular formula is C11H22N6OS. The van der Waals surface area contributed by atoms with Crippen molar-refractivity contribution >= 4 is 23.7 Å². The fraction of sp³-hybridized carbons (Fsp3) is 0.727. The van der Waals surface area contributed by atoms with E-state index in [4.69, 9.17) is 10.6 Å². The SMILES string of the molecule is CCOc1nc(NN)nc(N(C)C(C)CCSC)n1. The minimum Gasteiger partial charge on any atom is -0.464 e. The molecule has 0 aliphatic carbocycles. The Morgan fingerprint density at radius 2 is 2.16 bits per heavy atom. The minimum absolute atomic E-state index is 0.282. The number of hydrogen-bond acceptors (Lipinski definition) is 8. The average Bonchev–Trinajstić information content (AvgIpc) is 2.43. The van der Waals surface area contributed by atoms with Gasteiger partial charge in [-0.25, -0.2) is 5.84 Å². The van der Waals surface area contributed by atoms with Crippen molar-refractivity contribution in [2.24, 2.45) is 5.84 Å². The smallest absolute Gasteiger partial charge is 0.323 e. The summed E-state index contributed by atoms with van der Waals surface area (Å²) in [5.74, 6) is 7.31. The third-order valence-corrected chi connectivity index (χ3v) is 3.37. The third kappa shape index (κ3) is 4.71. The zero-order valence-electron chi connectivity index (χ0n) is 11.9. The Bertz CT molecular complexity index is 391. The summed E-state index contributed by atoms with van der Waals surface area (Å²) in [6.45, 7) is 4.51. The number of rotatable bonds is 8. The van der Waals surface area contributed by atoms with Gasteiger partial charge in [0.25, 0.3) is 0 Å². The predicted molar refractivity (Wildman–Crippen MR) is 79.7 cm³/mol. The fourth-order valence-corrected chi connectivity index (χ4v) is 2.02. The van der Waals surface area contributed by atoms with Crippen molar-refractivity contribution in [2.45, 2.75) is 26.3 Å². The zero-order chi connectivity index (χ0) is 14.3. The van der Waals surface area contributed by atoms with E-state index in [0.717, 1.165) is 12.2 Å². The molecule has 3 N–H and O–H groups in total. The lowest BCUT2D eigenvalue weighted by Gasteiger charge is -2.25. The number of nitrogens with one attached hydrogen (secondary N) is 1. The van der Waals surface area contributed by atoms with Crippen LogP contribution in [0, 0.1) is 0 Å². The molecule has 0 fully saturated rings. The average molecular weight is 286 g/mol. The second kappa shape index (κ2) is 8.00. The van der Waals surface area contributed by atoms with E-state index in [1.165, 1.54) is 0 Å².